The minimum Gasteiger partial charge on any atom is -0.467 e. The molecule has 1 fully saturated rings. The number of tetrazole rings is 1. The first kappa shape index (κ1) is 16.1. The van der Waals surface area contributed by atoms with Crippen molar-refractivity contribution in [2.75, 3.05) is 31.1 Å². The number of furan rings is 1. The minimum atomic E-state index is 0.503. The molecule has 0 N–H and O–H groups in total. The first-order valence-electron chi connectivity index (χ1n) is 8.28. The maximum atomic E-state index is 6.08. The second-order valence-corrected chi connectivity index (χ2v) is 6.49. The zero-order valence-electron chi connectivity index (χ0n) is 13.8. The third kappa shape index (κ3) is 4.00. The van der Waals surface area contributed by atoms with Gasteiger partial charge in [0.15, 0.2) is 5.82 Å². The molecule has 0 saturated carbocycles. The van der Waals surface area contributed by atoms with Crippen LogP contribution in [0.25, 0.3) is 0 Å². The highest BCUT2D eigenvalue weighted by Gasteiger charge is 2.19. The molecule has 7 nitrogen and oxygen atoms in total. The fourth-order valence-corrected chi connectivity index (χ4v) is 3.17. The summed E-state index contributed by atoms with van der Waals surface area (Å²) in [5, 5.41) is 13.4. The van der Waals surface area contributed by atoms with Gasteiger partial charge in [-0.2, -0.15) is 4.80 Å². The molecule has 2 aromatic heterocycles. The molecule has 130 valence electrons. The van der Waals surface area contributed by atoms with Crippen molar-refractivity contribution in [3.63, 3.8) is 0 Å². The highest BCUT2D eigenvalue weighted by Crippen LogP contribution is 2.21. The number of halogens is 1. The summed E-state index contributed by atoms with van der Waals surface area (Å²) in [6.07, 6.45) is 1.65. The van der Waals surface area contributed by atoms with E-state index >= 15 is 0 Å². The summed E-state index contributed by atoms with van der Waals surface area (Å²) in [6.45, 7) is 5.05. The highest BCUT2D eigenvalue weighted by molar-refractivity contribution is 6.30. The maximum absolute atomic E-state index is 6.08. The van der Waals surface area contributed by atoms with Gasteiger partial charge < -0.3 is 9.32 Å². The molecule has 0 aliphatic carbocycles. The lowest BCUT2D eigenvalue weighted by molar-refractivity contribution is 0.243. The molecular formula is C17H19ClN6O. The van der Waals surface area contributed by atoms with Crippen molar-refractivity contribution in [2.45, 2.75) is 13.1 Å². The maximum Gasteiger partial charge on any atom is 0.188 e. The monoisotopic (exact) mass is 358 g/mol. The second-order valence-electron chi connectivity index (χ2n) is 6.06. The molecule has 1 aliphatic heterocycles. The number of rotatable bonds is 5. The Balaban J connectivity index is 1.31. The van der Waals surface area contributed by atoms with Gasteiger partial charge in [0.2, 0.25) is 0 Å². The smallest absolute Gasteiger partial charge is 0.188 e. The molecule has 1 aromatic carbocycles. The zero-order valence-corrected chi connectivity index (χ0v) is 14.5. The third-order valence-corrected chi connectivity index (χ3v) is 4.52. The van der Waals surface area contributed by atoms with Crippen LogP contribution in [0.5, 0.6) is 0 Å². The lowest BCUT2D eigenvalue weighted by Gasteiger charge is -2.35. The lowest BCUT2D eigenvalue weighted by atomic mass is 10.2. The Morgan fingerprint density at radius 2 is 1.92 bits per heavy atom. The van der Waals surface area contributed by atoms with Crippen LogP contribution in [0.4, 0.5) is 5.69 Å². The molecule has 1 aliphatic rings. The van der Waals surface area contributed by atoms with Gasteiger partial charge in [0.25, 0.3) is 0 Å². The number of nitrogens with zero attached hydrogens (tertiary/aromatic N) is 6. The Labute approximate surface area is 150 Å². The van der Waals surface area contributed by atoms with Crippen molar-refractivity contribution in [1.29, 1.82) is 0 Å². The van der Waals surface area contributed by atoms with E-state index in [2.05, 4.69) is 31.3 Å². The van der Waals surface area contributed by atoms with E-state index in [0.717, 1.165) is 42.8 Å². The number of hydrogen-bond acceptors (Lipinski definition) is 6. The van der Waals surface area contributed by atoms with Gasteiger partial charge in [-0.25, -0.2) is 0 Å². The number of benzene rings is 1. The average Bonchev–Trinajstić information content (AvgIpc) is 3.28. The van der Waals surface area contributed by atoms with E-state index < -0.39 is 0 Å². The Bertz CT molecular complexity index is 810. The Morgan fingerprint density at radius 1 is 1.04 bits per heavy atom. The second kappa shape index (κ2) is 7.25. The molecule has 0 unspecified atom stereocenters. The average molecular weight is 359 g/mol. The third-order valence-electron chi connectivity index (χ3n) is 4.28. The van der Waals surface area contributed by atoms with E-state index in [4.69, 9.17) is 16.0 Å². The molecule has 3 heterocycles. The Hall–Kier alpha value is -2.38. The molecular weight excluding hydrogens is 340 g/mol. The first-order chi connectivity index (χ1) is 12.3. The molecule has 3 aromatic rings. The quantitative estimate of drug-likeness (QED) is 0.697. The fraction of sp³-hybridized carbons (Fsp3) is 0.353. The molecule has 1 saturated heterocycles. The van der Waals surface area contributed by atoms with Crippen LogP contribution in [0, 0.1) is 0 Å². The van der Waals surface area contributed by atoms with Crippen molar-refractivity contribution in [2.24, 2.45) is 0 Å². The summed E-state index contributed by atoms with van der Waals surface area (Å²) in [6, 6.07) is 11.8. The predicted molar refractivity (Wildman–Crippen MR) is 94.6 cm³/mol. The summed E-state index contributed by atoms with van der Waals surface area (Å²) in [5.74, 6) is 1.56. The molecule has 0 radical (unpaired) electrons. The number of hydrogen-bond donors (Lipinski definition) is 0. The number of anilines is 1. The first-order valence-corrected chi connectivity index (χ1v) is 8.66. The van der Waals surface area contributed by atoms with Crippen LogP contribution in [-0.2, 0) is 13.1 Å². The van der Waals surface area contributed by atoms with E-state index in [1.165, 1.54) is 5.69 Å². The summed E-state index contributed by atoms with van der Waals surface area (Å²) in [5.41, 5.74) is 1.18. The van der Waals surface area contributed by atoms with Gasteiger partial charge >= 0.3 is 0 Å². The largest absolute Gasteiger partial charge is 0.467 e. The van der Waals surface area contributed by atoms with Crippen molar-refractivity contribution >= 4 is 17.3 Å². The summed E-state index contributed by atoms with van der Waals surface area (Å²) >= 11 is 6.08. The van der Waals surface area contributed by atoms with E-state index in [-0.39, 0.29) is 0 Å². The van der Waals surface area contributed by atoms with Crippen molar-refractivity contribution in [3.8, 4) is 0 Å². The van der Waals surface area contributed by atoms with Gasteiger partial charge in [-0.05, 0) is 35.5 Å². The van der Waals surface area contributed by atoms with Crippen LogP contribution >= 0.6 is 11.6 Å². The van der Waals surface area contributed by atoms with Crippen molar-refractivity contribution < 1.29 is 4.42 Å². The van der Waals surface area contributed by atoms with Crippen LogP contribution in [0.1, 0.15) is 11.6 Å². The zero-order chi connectivity index (χ0) is 17.1. The van der Waals surface area contributed by atoms with E-state index in [0.29, 0.717) is 13.1 Å². The molecule has 0 amide bonds. The molecule has 0 bridgehead atoms. The van der Waals surface area contributed by atoms with Gasteiger partial charge in [-0.3, -0.25) is 4.90 Å². The van der Waals surface area contributed by atoms with E-state index in [9.17, 15) is 0 Å². The summed E-state index contributed by atoms with van der Waals surface area (Å²) in [4.78, 5) is 6.26. The SMILES string of the molecule is Clc1cccc(N2CCN(Cc3nnn(Cc4ccco4)n3)CC2)c1. The molecule has 4 rings (SSSR count). The van der Waals surface area contributed by atoms with E-state index in [1.54, 1.807) is 11.1 Å². The van der Waals surface area contributed by atoms with Gasteiger partial charge in [0.1, 0.15) is 12.3 Å². The van der Waals surface area contributed by atoms with Crippen LogP contribution in [-0.4, -0.2) is 51.3 Å². The molecule has 25 heavy (non-hydrogen) atoms. The minimum absolute atomic E-state index is 0.503. The number of aromatic nitrogens is 4. The predicted octanol–water partition coefficient (Wildman–Crippen LogP) is 2.29. The molecule has 8 heteroatoms. The standard InChI is InChI=1S/C17H19ClN6O/c18-14-3-1-4-15(11-14)23-8-6-22(7-9-23)13-17-19-21-24(20-17)12-16-5-2-10-25-16/h1-5,10-11H,6-9,12-13H2. The lowest BCUT2D eigenvalue weighted by Crippen LogP contribution is -2.46. The molecule has 0 atom stereocenters. The van der Waals surface area contributed by atoms with Crippen LogP contribution < -0.4 is 4.90 Å². The van der Waals surface area contributed by atoms with Gasteiger partial charge in [-0.15, -0.1) is 10.2 Å². The van der Waals surface area contributed by atoms with Crippen LogP contribution in [0.3, 0.4) is 0 Å². The van der Waals surface area contributed by atoms with Crippen molar-refractivity contribution in [3.05, 3.63) is 59.3 Å². The Kier molecular flexibility index (Phi) is 4.67. The van der Waals surface area contributed by atoms with E-state index in [1.807, 2.05) is 30.3 Å². The van der Waals surface area contributed by atoms with Gasteiger partial charge in [-0.1, -0.05) is 17.7 Å². The van der Waals surface area contributed by atoms with Crippen molar-refractivity contribution in [1.82, 2.24) is 25.1 Å². The normalized spacial score (nSPS) is 15.6. The van der Waals surface area contributed by atoms with Gasteiger partial charge in [0.05, 0.1) is 12.8 Å². The molecule has 0 spiro atoms. The highest BCUT2D eigenvalue weighted by atomic mass is 35.5. The number of piperazine rings is 1. The summed E-state index contributed by atoms with van der Waals surface area (Å²) < 4.78 is 5.30. The fourth-order valence-electron chi connectivity index (χ4n) is 2.99. The topological polar surface area (TPSA) is 63.2 Å². The van der Waals surface area contributed by atoms with Gasteiger partial charge in [0, 0.05) is 36.9 Å². The Morgan fingerprint density at radius 3 is 2.68 bits per heavy atom. The summed E-state index contributed by atoms with van der Waals surface area (Å²) in [7, 11) is 0. The van der Waals surface area contributed by atoms with Crippen LogP contribution in [0.15, 0.2) is 47.1 Å². The van der Waals surface area contributed by atoms with Crippen LogP contribution in [0.2, 0.25) is 5.02 Å².